The van der Waals surface area contributed by atoms with Crippen LogP contribution in [0.15, 0.2) is 47.4 Å². The van der Waals surface area contributed by atoms with Gasteiger partial charge in [-0.25, -0.2) is 0 Å². The summed E-state index contributed by atoms with van der Waals surface area (Å²) in [6.07, 6.45) is 1.65. The van der Waals surface area contributed by atoms with Crippen LogP contribution in [0.5, 0.6) is 11.5 Å². The number of ether oxygens (including phenoxy) is 2. The first kappa shape index (κ1) is 23.6. The number of halogens is 1. The molecule has 1 fully saturated rings. The fraction of sp³-hybridized carbons (Fsp3) is 0.143. The van der Waals surface area contributed by atoms with Crippen molar-refractivity contribution in [2.24, 2.45) is 0 Å². The van der Waals surface area contributed by atoms with Crippen LogP contribution in [-0.4, -0.2) is 47.7 Å². The predicted octanol–water partition coefficient (Wildman–Crippen LogP) is 3.02. The van der Waals surface area contributed by atoms with Gasteiger partial charge in [0.1, 0.15) is 10.9 Å². The lowest BCUT2D eigenvalue weighted by molar-refractivity contribution is -0.129. The number of nitrogens with zero attached hydrogens (tertiary/aromatic N) is 1. The molecule has 3 amide bonds. The van der Waals surface area contributed by atoms with E-state index < -0.39 is 17.7 Å². The summed E-state index contributed by atoms with van der Waals surface area (Å²) in [6.45, 7) is -0.350. The standard InChI is InChI=1S/C21H18ClN3O5S2/c1-29-15-8-7-12(9-16(15)30-2)10-17-20(28)25(21(31)32-17)11-18(26)23-24-19(27)13-5-3-4-6-14(13)22/h3-10H,11H2,1-2H3,(H,23,26)(H,24,27)/b17-10-. The van der Waals surface area contributed by atoms with Gasteiger partial charge in [-0.1, -0.05) is 53.8 Å². The number of hydrogen-bond acceptors (Lipinski definition) is 7. The lowest BCUT2D eigenvalue weighted by Crippen LogP contribution is -2.47. The number of carbonyl (C=O) groups excluding carboxylic acids is 3. The molecule has 2 aromatic carbocycles. The summed E-state index contributed by atoms with van der Waals surface area (Å²) in [6, 6.07) is 11.6. The molecule has 0 unspecified atom stereocenters. The summed E-state index contributed by atoms with van der Waals surface area (Å²) in [5, 5.41) is 0.247. The molecule has 2 aromatic rings. The molecule has 0 radical (unpaired) electrons. The average Bonchev–Trinajstić information content (AvgIpc) is 3.04. The van der Waals surface area contributed by atoms with E-state index in [2.05, 4.69) is 10.9 Å². The minimum Gasteiger partial charge on any atom is -0.493 e. The smallest absolute Gasteiger partial charge is 0.271 e. The van der Waals surface area contributed by atoms with E-state index >= 15 is 0 Å². The van der Waals surface area contributed by atoms with Gasteiger partial charge in [0.2, 0.25) is 0 Å². The van der Waals surface area contributed by atoms with E-state index in [1.165, 1.54) is 20.3 Å². The number of nitrogens with one attached hydrogen (secondary N) is 2. The zero-order valence-corrected chi connectivity index (χ0v) is 19.4. The monoisotopic (exact) mass is 491 g/mol. The third-order valence-corrected chi connectivity index (χ3v) is 6.02. The summed E-state index contributed by atoms with van der Waals surface area (Å²) >= 11 is 12.3. The Morgan fingerprint density at radius 1 is 1.12 bits per heavy atom. The van der Waals surface area contributed by atoms with Gasteiger partial charge >= 0.3 is 0 Å². The number of thioether (sulfide) groups is 1. The Hall–Kier alpha value is -3.08. The van der Waals surface area contributed by atoms with Gasteiger partial charge in [-0.2, -0.15) is 0 Å². The van der Waals surface area contributed by atoms with Crippen LogP contribution in [0.1, 0.15) is 15.9 Å². The highest BCUT2D eigenvalue weighted by Crippen LogP contribution is 2.34. The van der Waals surface area contributed by atoms with E-state index in [1.807, 2.05) is 0 Å². The van der Waals surface area contributed by atoms with Crippen LogP contribution in [0.2, 0.25) is 5.02 Å². The van der Waals surface area contributed by atoms with Gasteiger partial charge in [0.05, 0.1) is 29.7 Å². The van der Waals surface area contributed by atoms with Crippen molar-refractivity contribution in [2.75, 3.05) is 20.8 Å². The van der Waals surface area contributed by atoms with Crippen LogP contribution >= 0.6 is 35.6 Å². The van der Waals surface area contributed by atoms with E-state index in [0.717, 1.165) is 16.7 Å². The minimum atomic E-state index is -0.617. The number of hydrazine groups is 1. The third kappa shape index (κ3) is 5.39. The Morgan fingerprint density at radius 2 is 1.84 bits per heavy atom. The van der Waals surface area contributed by atoms with E-state index in [1.54, 1.807) is 42.5 Å². The zero-order valence-electron chi connectivity index (χ0n) is 17.0. The predicted molar refractivity (Wildman–Crippen MR) is 126 cm³/mol. The lowest BCUT2D eigenvalue weighted by Gasteiger charge is -2.14. The quantitative estimate of drug-likeness (QED) is 0.364. The summed E-state index contributed by atoms with van der Waals surface area (Å²) in [5.41, 5.74) is 5.44. The van der Waals surface area contributed by atoms with Crippen molar-refractivity contribution in [3.8, 4) is 11.5 Å². The van der Waals surface area contributed by atoms with Crippen molar-refractivity contribution in [3.63, 3.8) is 0 Å². The summed E-state index contributed by atoms with van der Waals surface area (Å²) in [4.78, 5) is 38.7. The topological polar surface area (TPSA) is 97.0 Å². The van der Waals surface area contributed by atoms with Crippen molar-refractivity contribution in [1.82, 2.24) is 15.8 Å². The van der Waals surface area contributed by atoms with Crippen LogP contribution in [0.25, 0.3) is 6.08 Å². The third-order valence-electron chi connectivity index (χ3n) is 4.31. The number of amides is 3. The highest BCUT2D eigenvalue weighted by Gasteiger charge is 2.33. The second-order valence-electron chi connectivity index (χ2n) is 6.36. The number of carbonyl (C=O) groups is 3. The maximum absolute atomic E-state index is 12.7. The molecule has 1 saturated heterocycles. The molecule has 0 aliphatic carbocycles. The Kier molecular flexibility index (Phi) is 7.73. The van der Waals surface area contributed by atoms with Gasteiger partial charge in [0.15, 0.2) is 11.5 Å². The normalized spacial score (nSPS) is 14.5. The van der Waals surface area contributed by atoms with Crippen LogP contribution in [0, 0.1) is 0 Å². The van der Waals surface area contributed by atoms with Crippen molar-refractivity contribution in [1.29, 1.82) is 0 Å². The van der Waals surface area contributed by atoms with Crippen molar-refractivity contribution < 1.29 is 23.9 Å². The molecule has 1 heterocycles. The Labute approximate surface area is 198 Å². The number of hydrogen-bond donors (Lipinski definition) is 2. The fourth-order valence-corrected chi connectivity index (χ4v) is 4.23. The largest absolute Gasteiger partial charge is 0.493 e. The van der Waals surface area contributed by atoms with Gasteiger partial charge in [-0.15, -0.1) is 0 Å². The molecule has 0 bridgehead atoms. The summed E-state index contributed by atoms with van der Waals surface area (Å²) < 4.78 is 10.7. The Bertz CT molecular complexity index is 1120. The molecule has 1 aliphatic rings. The van der Waals surface area contributed by atoms with Crippen LogP contribution in [0.3, 0.4) is 0 Å². The molecule has 0 spiro atoms. The molecule has 8 nitrogen and oxygen atoms in total. The van der Waals surface area contributed by atoms with Crippen molar-refractivity contribution >= 4 is 63.7 Å². The average molecular weight is 492 g/mol. The van der Waals surface area contributed by atoms with Crippen LogP contribution in [-0.2, 0) is 9.59 Å². The lowest BCUT2D eigenvalue weighted by atomic mass is 10.2. The van der Waals surface area contributed by atoms with Gasteiger partial charge in [0.25, 0.3) is 17.7 Å². The molecule has 0 aromatic heterocycles. The molecule has 3 rings (SSSR count). The van der Waals surface area contributed by atoms with E-state index in [-0.39, 0.29) is 21.5 Å². The van der Waals surface area contributed by atoms with Crippen LogP contribution in [0.4, 0.5) is 0 Å². The van der Waals surface area contributed by atoms with Crippen molar-refractivity contribution in [3.05, 3.63) is 63.5 Å². The molecular weight excluding hydrogens is 474 g/mol. The van der Waals surface area contributed by atoms with E-state index in [9.17, 15) is 14.4 Å². The zero-order chi connectivity index (χ0) is 23.3. The molecule has 0 saturated carbocycles. The second-order valence-corrected chi connectivity index (χ2v) is 8.45. The van der Waals surface area contributed by atoms with Gasteiger partial charge < -0.3 is 9.47 Å². The molecular formula is C21H18ClN3O5S2. The molecule has 166 valence electrons. The van der Waals surface area contributed by atoms with Gasteiger partial charge in [-0.05, 0) is 35.9 Å². The number of rotatable bonds is 6. The Balaban J connectivity index is 1.63. The van der Waals surface area contributed by atoms with Crippen LogP contribution < -0.4 is 20.3 Å². The van der Waals surface area contributed by atoms with E-state index in [4.69, 9.17) is 33.3 Å². The molecule has 32 heavy (non-hydrogen) atoms. The van der Waals surface area contributed by atoms with Crippen molar-refractivity contribution in [2.45, 2.75) is 0 Å². The first-order chi connectivity index (χ1) is 15.3. The first-order valence-electron chi connectivity index (χ1n) is 9.15. The molecule has 2 N–H and O–H groups in total. The van der Waals surface area contributed by atoms with Gasteiger partial charge in [0, 0.05) is 0 Å². The molecule has 0 atom stereocenters. The maximum Gasteiger partial charge on any atom is 0.271 e. The maximum atomic E-state index is 12.7. The molecule has 11 heteroatoms. The SMILES string of the molecule is COc1ccc(/C=C2\SC(=S)N(CC(=O)NNC(=O)c3ccccc3Cl)C2=O)cc1OC. The Morgan fingerprint density at radius 3 is 2.53 bits per heavy atom. The minimum absolute atomic E-state index is 0.206. The highest BCUT2D eigenvalue weighted by atomic mass is 35.5. The van der Waals surface area contributed by atoms with E-state index in [0.29, 0.717) is 22.0 Å². The fourth-order valence-electron chi connectivity index (χ4n) is 2.75. The number of methoxy groups -OCH3 is 2. The first-order valence-corrected chi connectivity index (χ1v) is 10.8. The second kappa shape index (κ2) is 10.5. The number of benzene rings is 2. The van der Waals surface area contributed by atoms with Gasteiger partial charge in [-0.3, -0.25) is 30.1 Å². The summed E-state index contributed by atoms with van der Waals surface area (Å²) in [7, 11) is 3.05. The molecule has 1 aliphatic heterocycles. The summed E-state index contributed by atoms with van der Waals surface area (Å²) in [5.74, 6) is -0.530. The number of thiocarbonyl (C=S) groups is 1. The highest BCUT2D eigenvalue weighted by molar-refractivity contribution is 8.26.